The number of rotatable bonds is 4. The highest BCUT2D eigenvalue weighted by molar-refractivity contribution is 7.17. The molecular formula is C19H17N5S. The van der Waals surface area contributed by atoms with Gasteiger partial charge < -0.3 is 11.1 Å². The number of pyridine rings is 1. The third-order valence-corrected chi connectivity index (χ3v) is 4.79. The topological polar surface area (TPSA) is 76.7 Å². The first-order valence-corrected chi connectivity index (χ1v) is 8.85. The van der Waals surface area contributed by atoms with Crippen molar-refractivity contribution < 1.29 is 0 Å². The van der Waals surface area contributed by atoms with Gasteiger partial charge in [0.2, 0.25) is 5.95 Å². The summed E-state index contributed by atoms with van der Waals surface area (Å²) in [6.07, 6.45) is 0. The summed E-state index contributed by atoms with van der Waals surface area (Å²) >= 11 is 1.57. The summed E-state index contributed by atoms with van der Waals surface area (Å²) in [6, 6.07) is 16.2. The van der Waals surface area contributed by atoms with Crippen LogP contribution < -0.4 is 11.1 Å². The Morgan fingerprint density at radius 1 is 1.00 bits per heavy atom. The van der Waals surface area contributed by atoms with Crippen LogP contribution in [0, 0.1) is 6.92 Å². The van der Waals surface area contributed by atoms with E-state index in [0.717, 1.165) is 38.5 Å². The molecule has 4 aromatic rings. The number of aryl methyl sites for hydroxylation is 1. The number of anilines is 2. The minimum absolute atomic E-state index is 0.272. The number of nitrogen functional groups attached to an aromatic ring is 1. The highest BCUT2D eigenvalue weighted by Gasteiger charge is 2.14. The second-order valence-electron chi connectivity index (χ2n) is 5.75. The Kier molecular flexibility index (Phi) is 4.03. The Morgan fingerprint density at radius 2 is 1.84 bits per heavy atom. The molecule has 5 nitrogen and oxygen atoms in total. The summed E-state index contributed by atoms with van der Waals surface area (Å²) < 4.78 is 0. The molecule has 124 valence electrons. The van der Waals surface area contributed by atoms with E-state index in [-0.39, 0.29) is 5.95 Å². The molecule has 0 saturated carbocycles. The maximum atomic E-state index is 5.89. The van der Waals surface area contributed by atoms with Gasteiger partial charge in [-0.2, -0.15) is 4.98 Å². The highest BCUT2D eigenvalue weighted by Crippen LogP contribution is 2.37. The number of nitrogens with two attached hydrogens (primary N) is 1. The van der Waals surface area contributed by atoms with Gasteiger partial charge in [0.1, 0.15) is 10.6 Å². The monoisotopic (exact) mass is 347 g/mol. The van der Waals surface area contributed by atoms with E-state index in [1.165, 1.54) is 0 Å². The molecule has 0 radical (unpaired) electrons. The first kappa shape index (κ1) is 15.5. The predicted molar refractivity (Wildman–Crippen MR) is 104 cm³/mol. The van der Waals surface area contributed by atoms with Crippen LogP contribution >= 0.6 is 11.3 Å². The first-order chi connectivity index (χ1) is 12.2. The SMILES string of the molecule is Cc1cccc(CNc2nc(N)nc3scc(-c4ccccc4)c23)n1. The van der Waals surface area contributed by atoms with Crippen LogP contribution in [0.25, 0.3) is 21.3 Å². The standard InChI is InChI=1S/C19H17N5S/c1-12-6-5-9-14(22-12)10-21-17-16-15(13-7-3-2-4-8-13)11-25-18(16)24-19(20)23-17/h2-9,11H,10H2,1H3,(H3,20,21,23,24). The van der Waals surface area contributed by atoms with Gasteiger partial charge in [0.25, 0.3) is 0 Å². The van der Waals surface area contributed by atoms with Gasteiger partial charge in [0.05, 0.1) is 17.6 Å². The summed E-state index contributed by atoms with van der Waals surface area (Å²) in [5.74, 6) is 1.01. The second-order valence-corrected chi connectivity index (χ2v) is 6.61. The van der Waals surface area contributed by atoms with E-state index < -0.39 is 0 Å². The molecule has 4 rings (SSSR count). The van der Waals surface area contributed by atoms with Crippen LogP contribution in [0.15, 0.2) is 53.9 Å². The van der Waals surface area contributed by atoms with E-state index in [1.807, 2.05) is 43.3 Å². The third kappa shape index (κ3) is 3.16. The number of nitrogens with zero attached hydrogens (tertiary/aromatic N) is 3. The van der Waals surface area contributed by atoms with Crippen molar-refractivity contribution in [1.29, 1.82) is 0 Å². The van der Waals surface area contributed by atoms with Gasteiger partial charge >= 0.3 is 0 Å². The first-order valence-electron chi connectivity index (χ1n) is 7.97. The molecule has 3 heterocycles. The fourth-order valence-electron chi connectivity index (χ4n) is 2.79. The van der Waals surface area contributed by atoms with Gasteiger partial charge in [0.15, 0.2) is 0 Å². The zero-order valence-electron chi connectivity index (χ0n) is 13.7. The van der Waals surface area contributed by atoms with Crippen molar-refractivity contribution in [3.8, 4) is 11.1 Å². The molecule has 0 saturated heterocycles. The smallest absolute Gasteiger partial charge is 0.223 e. The molecule has 0 unspecified atom stereocenters. The molecule has 1 aromatic carbocycles. The molecule has 0 atom stereocenters. The number of hydrogen-bond acceptors (Lipinski definition) is 6. The van der Waals surface area contributed by atoms with Gasteiger partial charge in [-0.05, 0) is 24.6 Å². The fourth-order valence-corrected chi connectivity index (χ4v) is 3.74. The lowest BCUT2D eigenvalue weighted by Crippen LogP contribution is -2.06. The third-order valence-electron chi connectivity index (χ3n) is 3.92. The molecule has 0 aliphatic rings. The Balaban J connectivity index is 1.76. The number of aromatic nitrogens is 3. The molecule has 0 bridgehead atoms. The van der Waals surface area contributed by atoms with Crippen molar-refractivity contribution >= 4 is 33.3 Å². The lowest BCUT2D eigenvalue weighted by atomic mass is 10.1. The molecule has 0 amide bonds. The summed E-state index contributed by atoms with van der Waals surface area (Å²) in [7, 11) is 0. The Labute approximate surface area is 149 Å². The summed E-state index contributed by atoms with van der Waals surface area (Å²) in [5, 5.41) is 6.48. The van der Waals surface area contributed by atoms with Crippen molar-refractivity contribution in [2.45, 2.75) is 13.5 Å². The van der Waals surface area contributed by atoms with Crippen molar-refractivity contribution in [1.82, 2.24) is 15.0 Å². The van der Waals surface area contributed by atoms with Crippen LogP contribution in [0.5, 0.6) is 0 Å². The fraction of sp³-hybridized carbons (Fsp3) is 0.105. The van der Waals surface area contributed by atoms with Crippen molar-refractivity contribution in [2.24, 2.45) is 0 Å². The quantitative estimate of drug-likeness (QED) is 0.577. The van der Waals surface area contributed by atoms with E-state index >= 15 is 0 Å². The molecule has 3 N–H and O–H groups in total. The van der Waals surface area contributed by atoms with Crippen LogP contribution in [0.2, 0.25) is 0 Å². The largest absolute Gasteiger partial charge is 0.368 e. The van der Waals surface area contributed by atoms with E-state index in [2.05, 4.69) is 37.8 Å². The predicted octanol–water partition coefficient (Wildman–Crippen LogP) is 4.26. The number of hydrogen-bond donors (Lipinski definition) is 2. The maximum Gasteiger partial charge on any atom is 0.223 e. The number of nitrogens with one attached hydrogen (secondary N) is 1. The van der Waals surface area contributed by atoms with Gasteiger partial charge in [0, 0.05) is 16.6 Å². The lowest BCUT2D eigenvalue weighted by molar-refractivity contribution is 1.01. The normalized spacial score (nSPS) is 10.9. The van der Waals surface area contributed by atoms with E-state index in [9.17, 15) is 0 Å². The summed E-state index contributed by atoms with van der Waals surface area (Å²) in [5.41, 5.74) is 10.1. The Bertz CT molecular complexity index is 1030. The summed E-state index contributed by atoms with van der Waals surface area (Å²) in [6.45, 7) is 2.56. The van der Waals surface area contributed by atoms with Crippen molar-refractivity contribution in [3.63, 3.8) is 0 Å². The molecule has 0 aliphatic carbocycles. The highest BCUT2D eigenvalue weighted by atomic mass is 32.1. The lowest BCUT2D eigenvalue weighted by Gasteiger charge is -2.09. The minimum atomic E-state index is 0.272. The molecule has 3 aromatic heterocycles. The minimum Gasteiger partial charge on any atom is -0.368 e. The molecule has 0 spiro atoms. The van der Waals surface area contributed by atoms with Crippen molar-refractivity contribution in [3.05, 3.63) is 65.3 Å². The average Bonchev–Trinajstić information content (AvgIpc) is 3.04. The molecular weight excluding hydrogens is 330 g/mol. The maximum absolute atomic E-state index is 5.89. The van der Waals surface area contributed by atoms with Gasteiger partial charge in [-0.1, -0.05) is 36.4 Å². The zero-order chi connectivity index (χ0) is 17.2. The van der Waals surface area contributed by atoms with E-state index in [1.54, 1.807) is 11.3 Å². The second kappa shape index (κ2) is 6.49. The Morgan fingerprint density at radius 3 is 2.64 bits per heavy atom. The van der Waals surface area contributed by atoms with Gasteiger partial charge in [-0.15, -0.1) is 11.3 Å². The van der Waals surface area contributed by atoms with Crippen LogP contribution in [0.1, 0.15) is 11.4 Å². The van der Waals surface area contributed by atoms with Gasteiger partial charge in [-0.25, -0.2) is 4.98 Å². The average molecular weight is 347 g/mol. The van der Waals surface area contributed by atoms with Gasteiger partial charge in [-0.3, -0.25) is 4.98 Å². The zero-order valence-corrected chi connectivity index (χ0v) is 14.5. The molecule has 0 aliphatic heterocycles. The number of benzene rings is 1. The van der Waals surface area contributed by atoms with Crippen LogP contribution in [-0.4, -0.2) is 15.0 Å². The van der Waals surface area contributed by atoms with Crippen LogP contribution in [0.3, 0.4) is 0 Å². The van der Waals surface area contributed by atoms with E-state index in [0.29, 0.717) is 6.54 Å². The Hall–Kier alpha value is -2.99. The molecule has 25 heavy (non-hydrogen) atoms. The molecule has 6 heteroatoms. The number of fused-ring (bicyclic) bond motifs is 1. The van der Waals surface area contributed by atoms with Crippen LogP contribution in [-0.2, 0) is 6.54 Å². The molecule has 0 fully saturated rings. The van der Waals surface area contributed by atoms with E-state index in [4.69, 9.17) is 5.73 Å². The van der Waals surface area contributed by atoms with Crippen LogP contribution in [0.4, 0.5) is 11.8 Å². The number of thiophene rings is 1. The van der Waals surface area contributed by atoms with Crippen molar-refractivity contribution in [2.75, 3.05) is 11.1 Å². The summed E-state index contributed by atoms with van der Waals surface area (Å²) in [4.78, 5) is 14.2.